The third kappa shape index (κ3) is 1.17. The molecular formula is C5H7ClN4S. The van der Waals surface area contributed by atoms with Crippen LogP contribution in [0.25, 0.3) is 4.96 Å². The maximum absolute atomic E-state index is 5.37. The van der Waals surface area contributed by atoms with E-state index >= 15 is 0 Å². The molecule has 0 aliphatic heterocycles. The number of nitrogen functional groups attached to an aromatic ring is 1. The molecule has 0 saturated carbocycles. The highest BCUT2D eigenvalue weighted by atomic mass is 35.5. The van der Waals surface area contributed by atoms with Crippen LogP contribution in [0.15, 0.2) is 5.38 Å². The molecule has 2 rings (SSSR count). The van der Waals surface area contributed by atoms with Crippen molar-refractivity contribution in [3.63, 3.8) is 0 Å². The molecule has 0 aromatic carbocycles. The Balaban J connectivity index is 0.000000605. The van der Waals surface area contributed by atoms with Crippen LogP contribution in [0.2, 0.25) is 0 Å². The van der Waals surface area contributed by atoms with E-state index in [1.807, 2.05) is 12.3 Å². The van der Waals surface area contributed by atoms with Crippen LogP contribution in [-0.2, 0) is 0 Å². The van der Waals surface area contributed by atoms with Crippen LogP contribution in [0.5, 0.6) is 0 Å². The molecule has 2 N–H and O–H groups in total. The minimum absolute atomic E-state index is 0. The zero-order chi connectivity index (χ0) is 7.14. The maximum Gasteiger partial charge on any atom is 0.241 e. The fourth-order valence-electron chi connectivity index (χ4n) is 0.807. The van der Waals surface area contributed by atoms with Crippen molar-refractivity contribution in [2.45, 2.75) is 6.92 Å². The topological polar surface area (TPSA) is 56.2 Å². The van der Waals surface area contributed by atoms with E-state index in [-0.39, 0.29) is 12.4 Å². The summed E-state index contributed by atoms with van der Waals surface area (Å²) in [5.41, 5.74) is 6.44. The van der Waals surface area contributed by atoms with Crippen molar-refractivity contribution < 1.29 is 0 Å². The van der Waals surface area contributed by atoms with Crippen molar-refractivity contribution in [3.05, 3.63) is 11.1 Å². The number of halogens is 1. The van der Waals surface area contributed by atoms with E-state index in [4.69, 9.17) is 5.73 Å². The van der Waals surface area contributed by atoms with E-state index in [0.717, 1.165) is 10.7 Å². The van der Waals surface area contributed by atoms with Gasteiger partial charge in [0.2, 0.25) is 10.9 Å². The molecule has 60 valence electrons. The number of nitrogens with two attached hydrogens (primary N) is 1. The minimum Gasteiger partial charge on any atom is -0.366 e. The first kappa shape index (κ1) is 8.29. The van der Waals surface area contributed by atoms with Crippen molar-refractivity contribution in [3.8, 4) is 0 Å². The van der Waals surface area contributed by atoms with Gasteiger partial charge >= 0.3 is 0 Å². The normalized spacial score (nSPS) is 9.91. The van der Waals surface area contributed by atoms with Crippen LogP contribution in [-0.4, -0.2) is 14.6 Å². The zero-order valence-electron chi connectivity index (χ0n) is 5.81. The Labute approximate surface area is 73.5 Å². The van der Waals surface area contributed by atoms with Gasteiger partial charge in [-0.2, -0.15) is 4.98 Å². The number of hydrogen-bond acceptors (Lipinski definition) is 4. The number of rotatable bonds is 0. The second-order valence-corrected chi connectivity index (χ2v) is 2.88. The predicted octanol–water partition coefficient (Wildman–Crippen LogP) is 1.10. The van der Waals surface area contributed by atoms with Gasteiger partial charge in [0.1, 0.15) is 0 Å². The number of thiazole rings is 1. The average molecular weight is 191 g/mol. The Morgan fingerprint density at radius 1 is 1.64 bits per heavy atom. The Morgan fingerprint density at radius 3 is 3.00 bits per heavy atom. The smallest absolute Gasteiger partial charge is 0.241 e. The first-order chi connectivity index (χ1) is 4.77. The molecule has 0 aliphatic carbocycles. The Bertz CT molecular complexity index is 365. The second-order valence-electron chi connectivity index (χ2n) is 2.04. The van der Waals surface area contributed by atoms with E-state index in [1.165, 1.54) is 0 Å². The molecule has 6 heteroatoms. The summed E-state index contributed by atoms with van der Waals surface area (Å²) in [6, 6.07) is 0. The van der Waals surface area contributed by atoms with Gasteiger partial charge in [0.25, 0.3) is 0 Å². The molecule has 0 aliphatic rings. The van der Waals surface area contributed by atoms with Crippen LogP contribution in [0, 0.1) is 6.92 Å². The first-order valence-corrected chi connectivity index (χ1v) is 3.71. The monoisotopic (exact) mass is 190 g/mol. The summed E-state index contributed by atoms with van der Waals surface area (Å²) in [6.07, 6.45) is 0. The van der Waals surface area contributed by atoms with Crippen LogP contribution in [0.1, 0.15) is 5.69 Å². The Kier molecular flexibility index (Phi) is 2.01. The van der Waals surface area contributed by atoms with Gasteiger partial charge in [0.05, 0.1) is 5.69 Å². The molecule has 2 heterocycles. The number of aromatic nitrogens is 3. The summed E-state index contributed by atoms with van der Waals surface area (Å²) in [6.45, 7) is 1.97. The van der Waals surface area contributed by atoms with Gasteiger partial charge in [-0.3, -0.25) is 0 Å². The molecule has 0 bridgehead atoms. The Hall–Kier alpha value is -0.810. The molecule has 0 unspecified atom stereocenters. The lowest BCUT2D eigenvalue weighted by Gasteiger charge is -1.81. The molecule has 4 nitrogen and oxygen atoms in total. The standard InChI is InChI=1S/C5H6N4S.ClH/c1-3-2-10-5-7-4(6)8-9(3)5;/h2H,1H3,(H2,6,8);1H. The molecular weight excluding hydrogens is 184 g/mol. The largest absolute Gasteiger partial charge is 0.366 e. The van der Waals surface area contributed by atoms with Crippen LogP contribution < -0.4 is 5.73 Å². The second kappa shape index (κ2) is 2.67. The number of hydrogen-bond donors (Lipinski definition) is 1. The number of nitrogens with zero attached hydrogens (tertiary/aromatic N) is 3. The van der Waals surface area contributed by atoms with E-state index in [9.17, 15) is 0 Å². The van der Waals surface area contributed by atoms with Crippen LogP contribution in [0.4, 0.5) is 5.95 Å². The van der Waals surface area contributed by atoms with E-state index in [1.54, 1.807) is 15.9 Å². The van der Waals surface area contributed by atoms with Gasteiger partial charge < -0.3 is 5.73 Å². The van der Waals surface area contributed by atoms with E-state index in [2.05, 4.69) is 10.1 Å². The molecule has 0 spiro atoms. The van der Waals surface area contributed by atoms with Gasteiger partial charge in [-0.05, 0) is 6.92 Å². The van der Waals surface area contributed by atoms with Crippen molar-refractivity contribution >= 4 is 34.7 Å². The summed E-state index contributed by atoms with van der Waals surface area (Å²) < 4.78 is 1.74. The number of anilines is 1. The molecule has 0 amide bonds. The minimum atomic E-state index is 0. The molecule has 0 saturated heterocycles. The number of aryl methyl sites for hydroxylation is 1. The summed E-state index contributed by atoms with van der Waals surface area (Å²) in [5, 5.41) is 5.96. The molecule has 11 heavy (non-hydrogen) atoms. The zero-order valence-corrected chi connectivity index (χ0v) is 7.45. The molecule has 2 aromatic rings. The highest BCUT2D eigenvalue weighted by Crippen LogP contribution is 2.13. The predicted molar refractivity (Wildman–Crippen MR) is 47.3 cm³/mol. The lowest BCUT2D eigenvalue weighted by atomic mass is 10.6. The van der Waals surface area contributed by atoms with Crippen LogP contribution in [0.3, 0.4) is 0 Å². The van der Waals surface area contributed by atoms with Gasteiger partial charge in [0, 0.05) is 5.38 Å². The first-order valence-electron chi connectivity index (χ1n) is 2.84. The van der Waals surface area contributed by atoms with Crippen molar-refractivity contribution in [1.82, 2.24) is 14.6 Å². The van der Waals surface area contributed by atoms with E-state index < -0.39 is 0 Å². The summed E-state index contributed by atoms with van der Waals surface area (Å²) in [5.74, 6) is 0.343. The van der Waals surface area contributed by atoms with Gasteiger partial charge in [0.15, 0.2) is 0 Å². The highest BCUT2D eigenvalue weighted by molar-refractivity contribution is 7.15. The quantitative estimate of drug-likeness (QED) is 0.677. The van der Waals surface area contributed by atoms with Crippen LogP contribution >= 0.6 is 23.7 Å². The van der Waals surface area contributed by atoms with Crippen molar-refractivity contribution in [2.24, 2.45) is 0 Å². The molecule has 0 radical (unpaired) electrons. The lowest BCUT2D eigenvalue weighted by molar-refractivity contribution is 0.939. The highest BCUT2D eigenvalue weighted by Gasteiger charge is 2.02. The fourth-order valence-corrected chi connectivity index (χ4v) is 1.61. The summed E-state index contributed by atoms with van der Waals surface area (Å²) in [4.78, 5) is 4.84. The third-order valence-electron chi connectivity index (χ3n) is 1.26. The lowest BCUT2D eigenvalue weighted by Crippen LogP contribution is -1.89. The summed E-state index contributed by atoms with van der Waals surface area (Å²) in [7, 11) is 0. The van der Waals surface area contributed by atoms with Gasteiger partial charge in [-0.15, -0.1) is 28.8 Å². The molecule has 0 atom stereocenters. The van der Waals surface area contributed by atoms with E-state index in [0.29, 0.717) is 5.95 Å². The van der Waals surface area contributed by atoms with Crippen molar-refractivity contribution in [1.29, 1.82) is 0 Å². The van der Waals surface area contributed by atoms with Gasteiger partial charge in [-0.1, -0.05) is 0 Å². The molecule has 0 fully saturated rings. The van der Waals surface area contributed by atoms with Gasteiger partial charge in [-0.25, -0.2) is 4.52 Å². The Morgan fingerprint density at radius 2 is 2.36 bits per heavy atom. The molecule has 2 aromatic heterocycles. The third-order valence-corrected chi connectivity index (χ3v) is 2.20. The summed E-state index contributed by atoms with van der Waals surface area (Å²) >= 11 is 1.54. The fraction of sp³-hybridized carbons (Fsp3) is 0.200. The SMILES string of the molecule is Cc1csc2nc(N)nn12.Cl. The number of fused-ring (bicyclic) bond motifs is 1. The average Bonchev–Trinajstić information content (AvgIpc) is 2.35. The van der Waals surface area contributed by atoms with Crippen molar-refractivity contribution in [2.75, 3.05) is 5.73 Å². The maximum atomic E-state index is 5.37.